The van der Waals surface area contributed by atoms with E-state index in [4.69, 9.17) is 17.2 Å². The lowest BCUT2D eigenvalue weighted by atomic mass is 10.1. The molecule has 0 heterocycles. The van der Waals surface area contributed by atoms with Crippen molar-refractivity contribution in [2.75, 3.05) is 24.6 Å². The summed E-state index contributed by atoms with van der Waals surface area (Å²) in [6.07, 6.45) is 0. The normalized spacial score (nSPS) is 9.65. The smallest absolute Gasteiger partial charge is 0.312 e. The van der Waals surface area contributed by atoms with Gasteiger partial charge in [-0.2, -0.15) is 0 Å². The summed E-state index contributed by atoms with van der Waals surface area (Å²) in [7, 11) is 0. The van der Waals surface area contributed by atoms with Crippen LogP contribution in [0.3, 0.4) is 0 Å². The van der Waals surface area contributed by atoms with Gasteiger partial charge in [-0.05, 0) is 18.2 Å². The molecule has 0 fully saturated rings. The third-order valence-electron chi connectivity index (χ3n) is 2.03. The maximum absolute atomic E-state index is 11.6. The molecule has 1 aromatic rings. The van der Waals surface area contributed by atoms with E-state index in [1.807, 2.05) is 0 Å². The number of primary amides is 1. The highest BCUT2D eigenvalue weighted by molar-refractivity contribution is 5.99. The Hall–Kier alpha value is -2.44. The fraction of sp³-hybridized carbons (Fsp3) is 0.200. The number of carbonyl (C=O) groups is 2. The van der Waals surface area contributed by atoms with Crippen LogP contribution in [0.2, 0.25) is 0 Å². The van der Waals surface area contributed by atoms with Gasteiger partial charge in [-0.15, -0.1) is 0 Å². The zero-order valence-electron chi connectivity index (χ0n) is 9.19. The highest BCUT2D eigenvalue weighted by Gasteiger charge is 2.08. The zero-order chi connectivity index (χ0) is 12.8. The predicted molar refractivity (Wildman–Crippen MR) is 65.2 cm³/mol. The van der Waals surface area contributed by atoms with Gasteiger partial charge in [-0.1, -0.05) is 0 Å². The number of nitrogen functional groups attached to an aromatic ring is 2. The van der Waals surface area contributed by atoms with Crippen LogP contribution in [0.25, 0.3) is 0 Å². The van der Waals surface area contributed by atoms with E-state index in [2.05, 4.69) is 10.6 Å². The van der Waals surface area contributed by atoms with Crippen molar-refractivity contribution in [3.63, 3.8) is 0 Å². The van der Waals surface area contributed by atoms with Crippen molar-refractivity contribution in [3.05, 3.63) is 23.8 Å². The first-order valence-electron chi connectivity index (χ1n) is 4.97. The highest BCUT2D eigenvalue weighted by Crippen LogP contribution is 2.15. The van der Waals surface area contributed by atoms with E-state index in [1.54, 1.807) is 12.1 Å². The van der Waals surface area contributed by atoms with Crippen molar-refractivity contribution in [1.29, 1.82) is 0 Å². The van der Waals surface area contributed by atoms with Gasteiger partial charge in [0.05, 0.1) is 5.56 Å². The van der Waals surface area contributed by atoms with Gasteiger partial charge < -0.3 is 27.8 Å². The van der Waals surface area contributed by atoms with E-state index >= 15 is 0 Å². The molecule has 0 aliphatic rings. The van der Waals surface area contributed by atoms with Gasteiger partial charge in [0.25, 0.3) is 5.91 Å². The molecule has 0 bridgehead atoms. The molecule has 7 heteroatoms. The third kappa shape index (κ3) is 3.90. The molecule has 0 aromatic heterocycles. The molecule has 0 saturated carbocycles. The first-order chi connectivity index (χ1) is 8.00. The fourth-order valence-electron chi connectivity index (χ4n) is 1.24. The minimum Gasteiger partial charge on any atom is -0.399 e. The van der Waals surface area contributed by atoms with Gasteiger partial charge >= 0.3 is 6.03 Å². The highest BCUT2D eigenvalue weighted by atomic mass is 16.2. The van der Waals surface area contributed by atoms with E-state index < -0.39 is 6.03 Å². The SMILES string of the molecule is NC(=O)NCCNC(=O)c1ccc(N)cc1N. The Bertz CT molecular complexity index is 433. The summed E-state index contributed by atoms with van der Waals surface area (Å²) in [5, 5.41) is 4.93. The molecule has 17 heavy (non-hydrogen) atoms. The van der Waals surface area contributed by atoms with Crippen LogP contribution in [0.5, 0.6) is 0 Å². The Morgan fingerprint density at radius 3 is 2.35 bits per heavy atom. The van der Waals surface area contributed by atoms with E-state index in [9.17, 15) is 9.59 Å². The Morgan fingerprint density at radius 1 is 1.12 bits per heavy atom. The third-order valence-corrected chi connectivity index (χ3v) is 2.03. The molecule has 8 N–H and O–H groups in total. The molecule has 0 unspecified atom stereocenters. The van der Waals surface area contributed by atoms with Crippen LogP contribution in [0.15, 0.2) is 18.2 Å². The molecule has 1 rings (SSSR count). The summed E-state index contributed by atoms with van der Waals surface area (Å²) in [6.45, 7) is 0.529. The zero-order valence-corrected chi connectivity index (χ0v) is 9.19. The summed E-state index contributed by atoms with van der Waals surface area (Å²) in [6, 6.07) is 4.01. The Labute approximate surface area is 98.3 Å². The summed E-state index contributed by atoms with van der Waals surface area (Å²) in [5.41, 5.74) is 17.2. The summed E-state index contributed by atoms with van der Waals surface area (Å²) >= 11 is 0. The number of nitrogens with two attached hydrogens (primary N) is 3. The van der Waals surface area contributed by atoms with Gasteiger partial charge in [0.1, 0.15) is 0 Å². The molecule has 0 radical (unpaired) electrons. The molecule has 0 spiro atoms. The van der Waals surface area contributed by atoms with Crippen LogP contribution in [0.1, 0.15) is 10.4 Å². The molecular weight excluding hydrogens is 222 g/mol. The lowest BCUT2D eigenvalue weighted by Gasteiger charge is -2.08. The summed E-state index contributed by atoms with van der Waals surface area (Å²) in [4.78, 5) is 22.0. The minimum atomic E-state index is -0.633. The van der Waals surface area contributed by atoms with Crippen molar-refractivity contribution in [1.82, 2.24) is 10.6 Å². The van der Waals surface area contributed by atoms with Crippen molar-refractivity contribution in [3.8, 4) is 0 Å². The quantitative estimate of drug-likeness (QED) is 0.347. The van der Waals surface area contributed by atoms with Crippen molar-refractivity contribution in [2.24, 2.45) is 5.73 Å². The van der Waals surface area contributed by atoms with Crippen LogP contribution >= 0.6 is 0 Å². The largest absolute Gasteiger partial charge is 0.399 e. The van der Waals surface area contributed by atoms with Gasteiger partial charge in [0, 0.05) is 24.5 Å². The van der Waals surface area contributed by atoms with E-state index in [1.165, 1.54) is 6.07 Å². The lowest BCUT2D eigenvalue weighted by molar-refractivity contribution is 0.0955. The maximum atomic E-state index is 11.6. The first-order valence-corrected chi connectivity index (χ1v) is 4.97. The Morgan fingerprint density at radius 2 is 1.76 bits per heavy atom. The van der Waals surface area contributed by atoms with Crippen molar-refractivity contribution >= 4 is 23.3 Å². The van der Waals surface area contributed by atoms with E-state index in [0.717, 1.165) is 0 Å². The molecule has 0 atom stereocenters. The van der Waals surface area contributed by atoms with Crippen molar-refractivity contribution in [2.45, 2.75) is 0 Å². The first kappa shape index (κ1) is 12.6. The second-order valence-electron chi connectivity index (χ2n) is 3.39. The predicted octanol–water partition coefficient (Wildman–Crippen LogP) is -0.751. The van der Waals surface area contributed by atoms with Gasteiger partial charge in [0.15, 0.2) is 0 Å². The molecular formula is C10H15N5O2. The number of hydrogen-bond donors (Lipinski definition) is 5. The lowest BCUT2D eigenvalue weighted by Crippen LogP contribution is -2.37. The topological polar surface area (TPSA) is 136 Å². The number of nitrogens with one attached hydrogen (secondary N) is 2. The molecule has 0 aliphatic heterocycles. The number of amides is 3. The summed E-state index contributed by atoms with van der Waals surface area (Å²) in [5.74, 6) is -0.325. The number of carbonyl (C=O) groups excluding carboxylic acids is 2. The number of benzene rings is 1. The second kappa shape index (κ2) is 5.59. The molecule has 3 amide bonds. The van der Waals surface area contributed by atoms with Crippen LogP contribution in [-0.4, -0.2) is 25.0 Å². The number of hydrogen-bond acceptors (Lipinski definition) is 4. The number of urea groups is 1. The Balaban J connectivity index is 2.50. The van der Waals surface area contributed by atoms with Crippen LogP contribution in [0, 0.1) is 0 Å². The standard InChI is InChI=1S/C10H15N5O2/c11-6-1-2-7(8(12)5-6)9(16)14-3-4-15-10(13)17/h1-2,5H,3-4,11-12H2,(H,14,16)(H3,13,15,17). The summed E-state index contributed by atoms with van der Waals surface area (Å²) < 4.78 is 0. The number of anilines is 2. The molecule has 0 aliphatic carbocycles. The van der Waals surface area contributed by atoms with Crippen molar-refractivity contribution < 1.29 is 9.59 Å². The van der Waals surface area contributed by atoms with Crippen LogP contribution < -0.4 is 27.8 Å². The second-order valence-corrected chi connectivity index (χ2v) is 3.39. The van der Waals surface area contributed by atoms with E-state index in [-0.39, 0.29) is 19.0 Å². The average molecular weight is 237 g/mol. The molecule has 7 nitrogen and oxygen atoms in total. The van der Waals surface area contributed by atoms with Gasteiger partial charge in [-0.25, -0.2) is 4.79 Å². The minimum absolute atomic E-state index is 0.260. The van der Waals surface area contributed by atoms with Gasteiger partial charge in [-0.3, -0.25) is 4.79 Å². The maximum Gasteiger partial charge on any atom is 0.312 e. The fourth-order valence-corrected chi connectivity index (χ4v) is 1.24. The van der Waals surface area contributed by atoms with E-state index in [0.29, 0.717) is 16.9 Å². The molecule has 0 saturated heterocycles. The van der Waals surface area contributed by atoms with Gasteiger partial charge in [0.2, 0.25) is 0 Å². The molecule has 92 valence electrons. The molecule has 1 aromatic carbocycles. The van der Waals surface area contributed by atoms with Crippen LogP contribution in [-0.2, 0) is 0 Å². The average Bonchev–Trinajstić information content (AvgIpc) is 2.23. The Kier molecular flexibility index (Phi) is 4.15. The monoisotopic (exact) mass is 237 g/mol. The van der Waals surface area contributed by atoms with Crippen LogP contribution in [0.4, 0.5) is 16.2 Å². The number of rotatable bonds is 4.